The average molecular weight is 472 g/mol. The number of rotatable bonds is 7. The van der Waals surface area contributed by atoms with E-state index in [-0.39, 0.29) is 37.8 Å². The van der Waals surface area contributed by atoms with Gasteiger partial charge in [0.05, 0.1) is 27.2 Å². The van der Waals surface area contributed by atoms with Gasteiger partial charge in [-0.15, -0.1) is 11.3 Å². The molecule has 1 saturated carbocycles. The predicted octanol–water partition coefficient (Wildman–Crippen LogP) is 5.16. The van der Waals surface area contributed by atoms with Crippen LogP contribution >= 0.6 is 22.9 Å². The Bertz CT molecular complexity index is 1110. The first-order valence-corrected chi connectivity index (χ1v) is 10.9. The van der Waals surface area contributed by atoms with E-state index >= 15 is 0 Å². The van der Waals surface area contributed by atoms with E-state index in [1.807, 2.05) is 0 Å². The van der Waals surface area contributed by atoms with Gasteiger partial charge in [0.15, 0.2) is 5.82 Å². The van der Waals surface area contributed by atoms with Gasteiger partial charge < -0.3 is 9.47 Å². The molecule has 0 saturated heterocycles. The third kappa shape index (κ3) is 5.13. The van der Waals surface area contributed by atoms with E-state index in [0.29, 0.717) is 39.9 Å². The number of nitrogens with one attached hydrogen (secondary N) is 1. The second kappa shape index (κ2) is 9.05. The highest BCUT2D eigenvalue weighted by molar-refractivity contribution is 7.11. The van der Waals surface area contributed by atoms with Crippen LogP contribution in [0.2, 0.25) is 5.02 Å². The molecule has 2 heterocycles. The molecule has 1 aliphatic carbocycles. The Morgan fingerprint density at radius 2 is 2.23 bits per heavy atom. The van der Waals surface area contributed by atoms with E-state index < -0.39 is 11.7 Å². The lowest BCUT2D eigenvalue weighted by Crippen LogP contribution is -2.24. The average Bonchev–Trinajstić information content (AvgIpc) is 3.32. The molecular formula is C20H20ClF2N3O4S. The number of benzene rings is 1. The monoisotopic (exact) mass is 471 g/mol. The molecular weight excluding hydrogens is 452 g/mol. The molecule has 1 aliphatic rings. The first-order chi connectivity index (χ1) is 14.8. The highest BCUT2D eigenvalue weighted by Crippen LogP contribution is 2.43. The Morgan fingerprint density at radius 3 is 2.90 bits per heavy atom. The zero-order valence-electron chi connectivity index (χ0n) is 16.6. The minimum Gasteiger partial charge on any atom is -0.488 e. The highest BCUT2D eigenvalue weighted by atomic mass is 35.5. The summed E-state index contributed by atoms with van der Waals surface area (Å²) in [6.07, 6.45) is 0.963. The summed E-state index contributed by atoms with van der Waals surface area (Å²) in [5.41, 5.74) is 1.19. The van der Waals surface area contributed by atoms with Gasteiger partial charge in [0.2, 0.25) is 5.92 Å². The number of aromatic amines is 1. The van der Waals surface area contributed by atoms with Gasteiger partial charge in [0.25, 0.3) is 0 Å². The molecule has 0 spiro atoms. The van der Waals surface area contributed by atoms with Gasteiger partial charge >= 0.3 is 5.76 Å². The Hall–Kier alpha value is -2.30. The van der Waals surface area contributed by atoms with Gasteiger partial charge in [0.1, 0.15) is 12.4 Å². The molecule has 0 radical (unpaired) electrons. The van der Waals surface area contributed by atoms with Crippen LogP contribution in [-0.4, -0.2) is 28.2 Å². The van der Waals surface area contributed by atoms with Crippen molar-refractivity contribution >= 4 is 22.9 Å². The largest absolute Gasteiger partial charge is 0.488 e. The highest BCUT2D eigenvalue weighted by Gasteiger charge is 2.38. The fraction of sp³-hybridized carbons (Fsp3) is 0.450. The van der Waals surface area contributed by atoms with Crippen molar-refractivity contribution in [3.8, 4) is 17.1 Å². The van der Waals surface area contributed by atoms with Crippen LogP contribution in [0.15, 0.2) is 27.5 Å². The number of H-pyrrole nitrogens is 1. The maximum absolute atomic E-state index is 13.8. The molecule has 1 aromatic carbocycles. The molecule has 0 amide bonds. The second-order valence-corrected chi connectivity index (χ2v) is 8.90. The molecule has 2 aromatic heterocycles. The minimum absolute atomic E-state index is 0.0608. The van der Waals surface area contributed by atoms with Crippen molar-refractivity contribution in [2.45, 2.75) is 50.7 Å². The normalized spacial score (nSPS) is 18.3. The van der Waals surface area contributed by atoms with Crippen molar-refractivity contribution in [3.05, 3.63) is 49.4 Å². The number of halogens is 3. The van der Waals surface area contributed by atoms with Crippen LogP contribution in [0.25, 0.3) is 11.4 Å². The van der Waals surface area contributed by atoms with Crippen LogP contribution in [0.5, 0.6) is 5.75 Å². The first-order valence-electron chi connectivity index (χ1n) is 9.68. The van der Waals surface area contributed by atoms with E-state index in [0.717, 1.165) is 4.88 Å². The summed E-state index contributed by atoms with van der Waals surface area (Å²) in [7, 11) is 1.56. The van der Waals surface area contributed by atoms with Crippen molar-refractivity contribution in [1.29, 1.82) is 0 Å². The molecule has 166 valence electrons. The molecule has 4 rings (SSSR count). The summed E-state index contributed by atoms with van der Waals surface area (Å²) in [5, 5.41) is 4.65. The smallest absolute Gasteiger partial charge is 0.439 e. The Labute approximate surface area is 185 Å². The van der Waals surface area contributed by atoms with Gasteiger partial charge in [-0.2, -0.15) is 0 Å². The van der Waals surface area contributed by atoms with E-state index in [4.69, 9.17) is 21.1 Å². The van der Waals surface area contributed by atoms with Gasteiger partial charge in [-0.25, -0.2) is 18.6 Å². The minimum atomic E-state index is -2.64. The maximum atomic E-state index is 13.8. The van der Waals surface area contributed by atoms with E-state index in [2.05, 4.69) is 19.6 Å². The number of nitrogens with zero attached hydrogens (tertiary/aromatic N) is 2. The van der Waals surface area contributed by atoms with Crippen LogP contribution in [0.1, 0.15) is 47.2 Å². The van der Waals surface area contributed by atoms with E-state index in [1.165, 1.54) is 11.3 Å². The zero-order valence-corrected chi connectivity index (χ0v) is 18.2. The number of aromatic nitrogens is 3. The summed E-state index contributed by atoms with van der Waals surface area (Å²) >= 11 is 7.67. The van der Waals surface area contributed by atoms with Gasteiger partial charge in [-0.3, -0.25) is 9.51 Å². The number of thiazole rings is 1. The molecule has 1 N–H and O–H groups in total. The van der Waals surface area contributed by atoms with Crippen molar-refractivity contribution in [2.24, 2.45) is 0 Å². The maximum Gasteiger partial charge on any atom is 0.439 e. The molecule has 31 heavy (non-hydrogen) atoms. The third-order valence-electron chi connectivity index (χ3n) is 5.07. The quantitative estimate of drug-likeness (QED) is 0.512. The first kappa shape index (κ1) is 21.9. The molecule has 1 unspecified atom stereocenters. The van der Waals surface area contributed by atoms with Crippen molar-refractivity contribution in [2.75, 3.05) is 7.11 Å². The predicted molar refractivity (Wildman–Crippen MR) is 111 cm³/mol. The summed E-state index contributed by atoms with van der Waals surface area (Å²) < 4.78 is 43.3. The number of alkyl halides is 2. The lowest BCUT2D eigenvalue weighted by Gasteiger charge is -2.27. The summed E-state index contributed by atoms with van der Waals surface area (Å²) in [6, 6.07) is 4.95. The second-order valence-electron chi connectivity index (χ2n) is 7.38. The fourth-order valence-corrected chi connectivity index (χ4v) is 4.97. The van der Waals surface area contributed by atoms with Crippen molar-refractivity contribution in [1.82, 2.24) is 15.1 Å². The van der Waals surface area contributed by atoms with Crippen LogP contribution in [0, 0.1) is 0 Å². The van der Waals surface area contributed by atoms with Crippen LogP contribution in [-0.2, 0) is 18.0 Å². The number of ether oxygens (including phenoxy) is 2. The molecule has 3 aromatic rings. The molecule has 0 bridgehead atoms. The van der Waals surface area contributed by atoms with Gasteiger partial charge in [-0.1, -0.05) is 16.8 Å². The Morgan fingerprint density at radius 1 is 1.39 bits per heavy atom. The number of hydrogen-bond donors (Lipinski definition) is 1. The molecule has 1 atom stereocenters. The SMILES string of the molecule is COCc1nc(C2CCCC(F)(F)C2)sc1COc1ccc(-c2noc(=O)[nH]2)c(Cl)c1. The van der Waals surface area contributed by atoms with E-state index in [1.54, 1.807) is 25.3 Å². The molecule has 1 fully saturated rings. The van der Waals surface area contributed by atoms with E-state index in [9.17, 15) is 13.6 Å². The lowest BCUT2D eigenvalue weighted by molar-refractivity contribution is -0.0408. The Balaban J connectivity index is 1.49. The van der Waals surface area contributed by atoms with Crippen LogP contribution in [0.3, 0.4) is 0 Å². The fourth-order valence-electron chi connectivity index (χ4n) is 3.60. The lowest BCUT2D eigenvalue weighted by atomic mass is 9.87. The topological polar surface area (TPSA) is 90.2 Å². The summed E-state index contributed by atoms with van der Waals surface area (Å²) in [5.74, 6) is -2.84. The molecule has 11 heteroatoms. The third-order valence-corrected chi connectivity index (χ3v) is 6.62. The number of hydrogen-bond acceptors (Lipinski definition) is 7. The standard InChI is InChI=1S/C20H20ClF2N3O4S/c1-28-9-15-16(31-18(24-15)11-3-2-6-20(22,23)8-11)10-29-12-4-5-13(14(21)7-12)17-25-19(27)30-26-17/h4-5,7,11H,2-3,6,8-10H2,1H3,(H,25,26,27). The molecule has 7 nitrogen and oxygen atoms in total. The van der Waals surface area contributed by atoms with Gasteiger partial charge in [-0.05, 0) is 31.0 Å². The van der Waals surface area contributed by atoms with Crippen LogP contribution < -0.4 is 10.5 Å². The Kier molecular flexibility index (Phi) is 6.40. The van der Waals surface area contributed by atoms with Crippen molar-refractivity contribution < 1.29 is 22.8 Å². The summed E-state index contributed by atoms with van der Waals surface area (Å²) in [6.45, 7) is 0.480. The van der Waals surface area contributed by atoms with Gasteiger partial charge in [0, 0.05) is 31.4 Å². The summed E-state index contributed by atoms with van der Waals surface area (Å²) in [4.78, 5) is 19.0. The number of methoxy groups -OCH3 is 1. The molecule has 0 aliphatic heterocycles. The van der Waals surface area contributed by atoms with Crippen LogP contribution in [0.4, 0.5) is 8.78 Å². The van der Waals surface area contributed by atoms with Crippen molar-refractivity contribution in [3.63, 3.8) is 0 Å². The zero-order chi connectivity index (χ0) is 22.0.